The van der Waals surface area contributed by atoms with Crippen molar-refractivity contribution >= 4 is 46.6 Å². The van der Waals surface area contributed by atoms with E-state index >= 15 is 0 Å². The lowest BCUT2D eigenvalue weighted by molar-refractivity contribution is 0.835. The highest BCUT2D eigenvalue weighted by atomic mass is 35.5. The number of aliphatic imine (C=N–C) groups is 1. The van der Waals surface area contributed by atoms with Crippen LogP contribution in [-0.2, 0) is 0 Å². The van der Waals surface area contributed by atoms with Crippen molar-refractivity contribution in [3.8, 4) is 11.3 Å². The fourth-order valence-corrected chi connectivity index (χ4v) is 3.53. The summed E-state index contributed by atoms with van der Waals surface area (Å²) in [4.78, 5) is 17.5. The number of allylic oxidation sites excluding steroid dienone is 3. The van der Waals surface area contributed by atoms with Gasteiger partial charge in [-0.05, 0) is 49.6 Å². The molecule has 0 amide bonds. The number of rotatable bonds is 8. The van der Waals surface area contributed by atoms with E-state index in [9.17, 15) is 0 Å². The molecule has 0 spiro atoms. The number of aromatic nitrogens is 3. The normalized spacial score (nSPS) is 12.9. The van der Waals surface area contributed by atoms with Gasteiger partial charge >= 0.3 is 0 Å². The zero-order valence-corrected chi connectivity index (χ0v) is 18.8. The fraction of sp³-hybridized carbons (Fsp3) is 0.167. The van der Waals surface area contributed by atoms with Crippen LogP contribution >= 0.6 is 23.2 Å². The van der Waals surface area contributed by atoms with E-state index in [2.05, 4.69) is 42.7 Å². The predicted octanol–water partition coefficient (Wildman–Crippen LogP) is 6.70. The standard InChI is InChI=1S/C24H22Cl2N6/c25-21-6-5-19(12-22(21)26)31-24-16-29-15-23(32-24)18-11-20(14-28-13-18)30-9-2-4-17-3-1-8-27-10-7-17/h1,5-8,10-16,30H,2-4,9H2,(H,31,32). The number of hydrogen-bond acceptors (Lipinski definition) is 6. The Morgan fingerprint density at radius 3 is 2.75 bits per heavy atom. The van der Waals surface area contributed by atoms with E-state index in [4.69, 9.17) is 23.2 Å². The molecular formula is C24H22Cl2N6. The molecule has 8 heteroatoms. The summed E-state index contributed by atoms with van der Waals surface area (Å²) in [6.45, 7) is 0.855. The molecule has 4 rings (SSSR count). The van der Waals surface area contributed by atoms with Gasteiger partial charge in [0, 0.05) is 42.6 Å². The number of anilines is 3. The molecule has 0 bridgehead atoms. The molecule has 1 aliphatic rings. The minimum atomic E-state index is 0.476. The summed E-state index contributed by atoms with van der Waals surface area (Å²) in [5, 5.41) is 7.63. The summed E-state index contributed by atoms with van der Waals surface area (Å²) >= 11 is 12.1. The highest BCUT2D eigenvalue weighted by molar-refractivity contribution is 6.42. The minimum absolute atomic E-state index is 0.476. The summed E-state index contributed by atoms with van der Waals surface area (Å²) in [5.74, 6) is 0.605. The molecule has 32 heavy (non-hydrogen) atoms. The van der Waals surface area contributed by atoms with Crippen LogP contribution in [0.25, 0.3) is 11.3 Å². The molecule has 2 N–H and O–H groups in total. The van der Waals surface area contributed by atoms with E-state index in [1.807, 2.05) is 30.7 Å². The third-order valence-electron chi connectivity index (χ3n) is 4.83. The van der Waals surface area contributed by atoms with Gasteiger partial charge in [-0.3, -0.25) is 15.0 Å². The van der Waals surface area contributed by atoms with Crippen LogP contribution in [0.4, 0.5) is 17.2 Å². The van der Waals surface area contributed by atoms with E-state index in [0.29, 0.717) is 15.9 Å². The topological polar surface area (TPSA) is 75.1 Å². The van der Waals surface area contributed by atoms with Gasteiger partial charge in [-0.1, -0.05) is 34.9 Å². The van der Waals surface area contributed by atoms with Crippen LogP contribution in [0.2, 0.25) is 10.0 Å². The van der Waals surface area contributed by atoms with Gasteiger partial charge in [-0.15, -0.1) is 0 Å². The zero-order valence-electron chi connectivity index (χ0n) is 17.3. The van der Waals surface area contributed by atoms with Crippen LogP contribution in [0.15, 0.2) is 78.0 Å². The number of halogens is 2. The molecule has 1 aromatic carbocycles. The highest BCUT2D eigenvalue weighted by Crippen LogP contribution is 2.27. The lowest BCUT2D eigenvalue weighted by Crippen LogP contribution is -2.03. The Hall–Kier alpha value is -3.22. The Morgan fingerprint density at radius 2 is 1.84 bits per heavy atom. The summed E-state index contributed by atoms with van der Waals surface area (Å²) in [6.07, 6.45) is 17.9. The first kappa shape index (κ1) is 22.0. The Kier molecular flexibility index (Phi) is 7.48. The molecule has 2 aromatic heterocycles. The van der Waals surface area contributed by atoms with Gasteiger partial charge in [0.1, 0.15) is 5.82 Å². The van der Waals surface area contributed by atoms with Crippen molar-refractivity contribution in [2.24, 2.45) is 4.99 Å². The van der Waals surface area contributed by atoms with Crippen LogP contribution in [0.5, 0.6) is 0 Å². The lowest BCUT2D eigenvalue weighted by Gasteiger charge is -2.10. The molecule has 0 radical (unpaired) electrons. The Bertz CT molecular complexity index is 1170. The monoisotopic (exact) mass is 464 g/mol. The summed E-state index contributed by atoms with van der Waals surface area (Å²) in [5.41, 5.74) is 4.72. The first-order chi connectivity index (χ1) is 15.7. The van der Waals surface area contributed by atoms with Crippen molar-refractivity contribution in [3.63, 3.8) is 0 Å². The van der Waals surface area contributed by atoms with Crippen molar-refractivity contribution in [1.82, 2.24) is 15.0 Å². The Labute approximate surface area is 197 Å². The number of nitrogens with zero attached hydrogens (tertiary/aromatic N) is 4. The number of benzene rings is 1. The fourth-order valence-electron chi connectivity index (χ4n) is 3.23. The van der Waals surface area contributed by atoms with Gasteiger partial charge < -0.3 is 10.6 Å². The Balaban J connectivity index is 1.37. The molecule has 0 unspecified atom stereocenters. The van der Waals surface area contributed by atoms with Crippen molar-refractivity contribution in [2.75, 3.05) is 17.2 Å². The molecule has 0 aliphatic carbocycles. The van der Waals surface area contributed by atoms with Gasteiger partial charge in [0.05, 0.1) is 33.8 Å². The van der Waals surface area contributed by atoms with Gasteiger partial charge in [-0.2, -0.15) is 0 Å². The maximum Gasteiger partial charge on any atom is 0.149 e. The SMILES string of the molecule is Clc1ccc(Nc2cncc(-c3cncc(NCCCC4=CC=NC=CC4)c3)n2)cc1Cl. The zero-order chi connectivity index (χ0) is 22.2. The molecule has 1 aliphatic heterocycles. The van der Waals surface area contributed by atoms with E-state index in [1.165, 1.54) is 5.57 Å². The van der Waals surface area contributed by atoms with Crippen molar-refractivity contribution in [3.05, 3.63) is 83.0 Å². The first-order valence-corrected chi connectivity index (χ1v) is 11.0. The van der Waals surface area contributed by atoms with Crippen LogP contribution in [0, 0.1) is 0 Å². The average molecular weight is 465 g/mol. The average Bonchev–Trinajstić information content (AvgIpc) is 3.09. The number of hydrogen-bond donors (Lipinski definition) is 2. The maximum absolute atomic E-state index is 6.09. The number of pyridine rings is 1. The van der Waals surface area contributed by atoms with E-state index in [1.54, 1.807) is 30.7 Å². The third-order valence-corrected chi connectivity index (χ3v) is 5.57. The van der Waals surface area contributed by atoms with E-state index in [0.717, 1.165) is 48.4 Å². The third kappa shape index (κ3) is 6.15. The van der Waals surface area contributed by atoms with Crippen LogP contribution < -0.4 is 10.6 Å². The molecule has 3 aromatic rings. The molecule has 0 atom stereocenters. The largest absolute Gasteiger partial charge is 0.384 e. The molecule has 0 saturated heterocycles. The van der Waals surface area contributed by atoms with E-state index in [-0.39, 0.29) is 0 Å². The Morgan fingerprint density at radius 1 is 0.938 bits per heavy atom. The number of nitrogens with one attached hydrogen (secondary N) is 2. The van der Waals surface area contributed by atoms with Gasteiger partial charge in [0.15, 0.2) is 0 Å². The second kappa shape index (κ2) is 10.9. The molecule has 6 nitrogen and oxygen atoms in total. The van der Waals surface area contributed by atoms with Crippen LogP contribution in [0.1, 0.15) is 19.3 Å². The smallest absolute Gasteiger partial charge is 0.149 e. The maximum atomic E-state index is 6.09. The van der Waals surface area contributed by atoms with Gasteiger partial charge in [0.2, 0.25) is 0 Å². The summed E-state index contributed by atoms with van der Waals surface area (Å²) in [6, 6.07) is 7.35. The van der Waals surface area contributed by atoms with Crippen molar-refractivity contribution in [1.29, 1.82) is 0 Å². The first-order valence-electron chi connectivity index (χ1n) is 10.3. The summed E-state index contributed by atoms with van der Waals surface area (Å²) in [7, 11) is 0. The molecule has 0 saturated carbocycles. The van der Waals surface area contributed by atoms with Gasteiger partial charge in [-0.25, -0.2) is 4.98 Å². The molecule has 162 valence electrons. The molecule has 0 fully saturated rings. The summed E-state index contributed by atoms with van der Waals surface area (Å²) < 4.78 is 0. The quantitative estimate of drug-likeness (QED) is 0.362. The van der Waals surface area contributed by atoms with Crippen LogP contribution in [0.3, 0.4) is 0 Å². The van der Waals surface area contributed by atoms with Crippen molar-refractivity contribution < 1.29 is 0 Å². The minimum Gasteiger partial charge on any atom is -0.384 e. The molecular weight excluding hydrogens is 443 g/mol. The lowest BCUT2D eigenvalue weighted by atomic mass is 10.1. The molecule has 3 heterocycles. The predicted molar refractivity (Wildman–Crippen MR) is 133 cm³/mol. The van der Waals surface area contributed by atoms with E-state index < -0.39 is 0 Å². The van der Waals surface area contributed by atoms with Crippen LogP contribution in [-0.4, -0.2) is 27.7 Å². The highest BCUT2D eigenvalue weighted by Gasteiger charge is 2.06. The second-order valence-electron chi connectivity index (χ2n) is 7.25. The van der Waals surface area contributed by atoms with Gasteiger partial charge in [0.25, 0.3) is 0 Å². The second-order valence-corrected chi connectivity index (χ2v) is 8.06. The van der Waals surface area contributed by atoms with Crippen molar-refractivity contribution in [2.45, 2.75) is 19.3 Å².